The molecule has 0 bridgehead atoms. The number of carbonyl (C=O) groups is 2. The molecule has 1 atom stereocenters. The number of nitrogens with one attached hydrogen (secondary N) is 2. The van der Waals surface area contributed by atoms with Crippen molar-refractivity contribution in [3.05, 3.63) is 29.6 Å². The zero-order valence-corrected chi connectivity index (χ0v) is 11.1. The third kappa shape index (κ3) is 4.40. The second-order valence-corrected chi connectivity index (χ2v) is 4.40. The van der Waals surface area contributed by atoms with Crippen LogP contribution in [0.1, 0.15) is 10.4 Å². The number of amides is 2. The second kappa shape index (κ2) is 7.00. The lowest BCUT2D eigenvalue weighted by molar-refractivity contribution is -0.0852. The van der Waals surface area contributed by atoms with Crippen LogP contribution in [0.15, 0.2) is 18.2 Å². The number of hydrogen-bond donors (Lipinski definition) is 3. The van der Waals surface area contributed by atoms with Gasteiger partial charge in [-0.2, -0.15) is 0 Å². The number of anilines is 1. The molecule has 2 rings (SSSR count). The van der Waals surface area contributed by atoms with Crippen LogP contribution in [0, 0.1) is 5.82 Å². The number of halogens is 1. The van der Waals surface area contributed by atoms with Crippen molar-refractivity contribution in [3.63, 3.8) is 0 Å². The van der Waals surface area contributed by atoms with E-state index in [1.165, 1.54) is 6.07 Å². The lowest BCUT2D eigenvalue weighted by atomic mass is 10.2. The van der Waals surface area contributed by atoms with E-state index in [9.17, 15) is 14.0 Å². The molecule has 1 aromatic rings. The molecule has 1 aliphatic heterocycles. The zero-order chi connectivity index (χ0) is 15.2. The van der Waals surface area contributed by atoms with Crippen molar-refractivity contribution in [2.45, 2.75) is 6.10 Å². The first-order valence-electron chi connectivity index (χ1n) is 6.33. The maximum Gasteiger partial charge on any atom is 0.338 e. The van der Waals surface area contributed by atoms with Crippen molar-refractivity contribution in [2.24, 2.45) is 0 Å². The summed E-state index contributed by atoms with van der Waals surface area (Å²) in [4.78, 5) is 22.3. The van der Waals surface area contributed by atoms with E-state index < -0.39 is 23.4 Å². The van der Waals surface area contributed by atoms with Crippen LogP contribution in [-0.2, 0) is 9.47 Å². The van der Waals surface area contributed by atoms with Gasteiger partial charge >= 0.3 is 12.0 Å². The van der Waals surface area contributed by atoms with Gasteiger partial charge in [0, 0.05) is 12.2 Å². The number of aromatic carboxylic acids is 1. The normalized spacial score (nSPS) is 18.0. The van der Waals surface area contributed by atoms with E-state index in [0.717, 1.165) is 12.1 Å². The smallest absolute Gasteiger partial charge is 0.338 e. The van der Waals surface area contributed by atoms with E-state index in [1.807, 2.05) is 0 Å². The molecule has 0 aliphatic carbocycles. The van der Waals surface area contributed by atoms with Crippen LogP contribution in [0.3, 0.4) is 0 Å². The molecular formula is C13H15FN2O5. The summed E-state index contributed by atoms with van der Waals surface area (Å²) in [5.41, 5.74) is -0.287. The lowest BCUT2D eigenvalue weighted by Gasteiger charge is -2.23. The van der Waals surface area contributed by atoms with E-state index in [2.05, 4.69) is 10.6 Å². The monoisotopic (exact) mass is 298 g/mol. The van der Waals surface area contributed by atoms with Crippen molar-refractivity contribution in [3.8, 4) is 0 Å². The van der Waals surface area contributed by atoms with Crippen molar-refractivity contribution in [2.75, 3.05) is 31.7 Å². The second-order valence-electron chi connectivity index (χ2n) is 4.40. The van der Waals surface area contributed by atoms with Crippen LogP contribution in [0.4, 0.5) is 14.9 Å². The fourth-order valence-electron chi connectivity index (χ4n) is 1.80. The van der Waals surface area contributed by atoms with Crippen molar-refractivity contribution >= 4 is 17.7 Å². The molecule has 1 heterocycles. The summed E-state index contributed by atoms with van der Waals surface area (Å²) >= 11 is 0. The summed E-state index contributed by atoms with van der Waals surface area (Å²) in [5, 5.41) is 13.7. The van der Waals surface area contributed by atoms with Crippen molar-refractivity contribution in [1.82, 2.24) is 5.32 Å². The molecule has 114 valence electrons. The van der Waals surface area contributed by atoms with Crippen LogP contribution in [-0.4, -0.2) is 49.6 Å². The van der Waals surface area contributed by atoms with Crippen LogP contribution in [0.25, 0.3) is 0 Å². The number of carboxylic acids is 1. The molecule has 0 saturated carbocycles. The van der Waals surface area contributed by atoms with E-state index >= 15 is 0 Å². The number of carboxylic acid groups (broad SMARTS) is 1. The average molecular weight is 298 g/mol. The first-order chi connectivity index (χ1) is 10.1. The van der Waals surface area contributed by atoms with E-state index in [4.69, 9.17) is 14.6 Å². The first kappa shape index (κ1) is 15.2. The Kier molecular flexibility index (Phi) is 5.07. The predicted molar refractivity (Wildman–Crippen MR) is 70.9 cm³/mol. The van der Waals surface area contributed by atoms with Gasteiger partial charge in [-0.15, -0.1) is 0 Å². The highest BCUT2D eigenvalue weighted by atomic mass is 19.1. The number of rotatable bonds is 4. The van der Waals surface area contributed by atoms with Gasteiger partial charge in [-0.1, -0.05) is 0 Å². The quantitative estimate of drug-likeness (QED) is 0.772. The predicted octanol–water partition coefficient (Wildman–Crippen LogP) is 1.06. The Hall–Kier alpha value is -2.19. The minimum absolute atomic E-state index is 0.163. The standard InChI is InChI=1S/C13H15FN2O5/c14-11-5-8(1-2-10(11)12(17)18)16-13(19)15-6-9-7-20-3-4-21-9/h1-2,5,9H,3-4,6-7H2,(H,17,18)(H2,15,16,19). The van der Waals surface area contributed by atoms with Gasteiger partial charge in [0.1, 0.15) is 5.82 Å². The van der Waals surface area contributed by atoms with E-state index in [-0.39, 0.29) is 18.3 Å². The molecule has 1 fully saturated rings. The molecule has 1 aliphatic rings. The average Bonchev–Trinajstić information content (AvgIpc) is 2.46. The largest absolute Gasteiger partial charge is 0.478 e. The van der Waals surface area contributed by atoms with Crippen LogP contribution >= 0.6 is 0 Å². The van der Waals surface area contributed by atoms with Gasteiger partial charge < -0.3 is 25.2 Å². The lowest BCUT2D eigenvalue weighted by Crippen LogP contribution is -2.41. The molecule has 3 N–H and O–H groups in total. The van der Waals surface area contributed by atoms with Gasteiger partial charge in [0.15, 0.2) is 0 Å². The molecule has 8 heteroatoms. The minimum Gasteiger partial charge on any atom is -0.478 e. The molecule has 0 radical (unpaired) electrons. The Morgan fingerprint density at radius 3 is 2.81 bits per heavy atom. The topological polar surface area (TPSA) is 96.9 Å². The Labute approximate surface area is 120 Å². The number of carbonyl (C=O) groups excluding carboxylic acids is 1. The van der Waals surface area contributed by atoms with Crippen molar-refractivity contribution in [1.29, 1.82) is 0 Å². The third-order valence-electron chi connectivity index (χ3n) is 2.83. The fraction of sp³-hybridized carbons (Fsp3) is 0.385. The van der Waals surface area contributed by atoms with Gasteiger partial charge in [0.25, 0.3) is 0 Å². The number of benzene rings is 1. The Morgan fingerprint density at radius 2 is 2.19 bits per heavy atom. The maximum absolute atomic E-state index is 13.4. The number of ether oxygens (including phenoxy) is 2. The molecule has 0 aromatic heterocycles. The molecule has 21 heavy (non-hydrogen) atoms. The van der Waals surface area contributed by atoms with Gasteiger partial charge in [-0.3, -0.25) is 0 Å². The highest BCUT2D eigenvalue weighted by Crippen LogP contribution is 2.14. The van der Waals surface area contributed by atoms with Crippen LogP contribution < -0.4 is 10.6 Å². The Balaban J connectivity index is 1.84. The number of urea groups is 1. The maximum atomic E-state index is 13.4. The van der Waals surface area contributed by atoms with E-state index in [1.54, 1.807) is 0 Å². The highest BCUT2D eigenvalue weighted by molar-refractivity contribution is 5.91. The summed E-state index contributed by atoms with van der Waals surface area (Å²) in [6, 6.07) is 2.81. The van der Waals surface area contributed by atoms with Crippen molar-refractivity contribution < 1.29 is 28.6 Å². The summed E-state index contributed by atoms with van der Waals surface area (Å²) in [5.74, 6) is -2.28. The summed E-state index contributed by atoms with van der Waals surface area (Å²) < 4.78 is 24.0. The number of hydrogen-bond acceptors (Lipinski definition) is 4. The minimum atomic E-state index is -1.36. The molecule has 0 spiro atoms. The molecule has 7 nitrogen and oxygen atoms in total. The third-order valence-corrected chi connectivity index (χ3v) is 2.83. The fourth-order valence-corrected chi connectivity index (χ4v) is 1.80. The first-order valence-corrected chi connectivity index (χ1v) is 6.33. The zero-order valence-electron chi connectivity index (χ0n) is 11.1. The molecular weight excluding hydrogens is 283 g/mol. The summed E-state index contributed by atoms with van der Waals surface area (Å²) in [7, 11) is 0. The Bertz CT molecular complexity index is 531. The molecule has 2 amide bonds. The molecule has 1 saturated heterocycles. The van der Waals surface area contributed by atoms with Gasteiger partial charge in [0.2, 0.25) is 0 Å². The van der Waals surface area contributed by atoms with Gasteiger partial charge in [-0.05, 0) is 18.2 Å². The van der Waals surface area contributed by atoms with E-state index in [0.29, 0.717) is 19.8 Å². The van der Waals surface area contributed by atoms with Crippen LogP contribution in [0.5, 0.6) is 0 Å². The SMILES string of the molecule is O=C(NCC1COCCO1)Nc1ccc(C(=O)O)c(F)c1. The molecule has 1 unspecified atom stereocenters. The summed E-state index contributed by atoms with van der Waals surface area (Å²) in [6.07, 6.45) is -0.212. The summed E-state index contributed by atoms with van der Waals surface area (Å²) in [6.45, 7) is 1.69. The Morgan fingerprint density at radius 1 is 1.38 bits per heavy atom. The van der Waals surface area contributed by atoms with Gasteiger partial charge in [-0.25, -0.2) is 14.0 Å². The van der Waals surface area contributed by atoms with Gasteiger partial charge in [0.05, 0.1) is 31.5 Å². The molecule has 1 aromatic carbocycles. The highest BCUT2D eigenvalue weighted by Gasteiger charge is 2.16. The van der Waals surface area contributed by atoms with Crippen LogP contribution in [0.2, 0.25) is 0 Å².